The van der Waals surface area contributed by atoms with Crippen molar-refractivity contribution < 1.29 is 0 Å². The van der Waals surface area contributed by atoms with Crippen LogP contribution in [0.3, 0.4) is 0 Å². The lowest BCUT2D eigenvalue weighted by molar-refractivity contribution is 0.663. The second kappa shape index (κ2) is 4.56. The highest BCUT2D eigenvalue weighted by Crippen LogP contribution is 2.56. The molecule has 0 unspecified atom stereocenters. The molecule has 124 valence electrons. The lowest BCUT2D eigenvalue weighted by Gasteiger charge is -2.30. The number of hydrogen-bond acceptors (Lipinski definition) is 1. The van der Waals surface area contributed by atoms with E-state index in [2.05, 4.69) is 92.0 Å². The largest absolute Gasteiger partial charge is 0.354 e. The monoisotopic (exact) mass is 333 g/mol. The van der Waals surface area contributed by atoms with Gasteiger partial charge in [-0.25, -0.2) is 0 Å². The van der Waals surface area contributed by atoms with Crippen molar-refractivity contribution in [3.05, 3.63) is 83.9 Å². The zero-order chi connectivity index (χ0) is 17.5. The van der Waals surface area contributed by atoms with Crippen molar-refractivity contribution >= 4 is 22.1 Å². The summed E-state index contributed by atoms with van der Waals surface area (Å²) in [5, 5.41) is 6.46. The maximum absolute atomic E-state index is 3.80. The molecule has 0 spiro atoms. The Hall–Kier alpha value is -3.06. The van der Waals surface area contributed by atoms with Crippen molar-refractivity contribution in [3.63, 3.8) is 0 Å². The number of para-hydroxylation sites is 1. The van der Waals surface area contributed by atoms with E-state index in [0.717, 1.165) is 0 Å². The lowest BCUT2D eigenvalue weighted by atomic mass is 9.79. The molecule has 0 aromatic heterocycles. The van der Waals surface area contributed by atoms with Gasteiger partial charge in [0.2, 0.25) is 0 Å². The molecule has 2 aliphatic rings. The van der Waals surface area contributed by atoms with E-state index in [1.165, 1.54) is 55.5 Å². The summed E-state index contributed by atoms with van der Waals surface area (Å²) >= 11 is 0. The molecule has 0 atom stereocenters. The van der Waals surface area contributed by atoms with Crippen molar-refractivity contribution in [1.82, 2.24) is 0 Å². The standard InChI is InChI=1S/C25H19N/c1-25(2)20-12-5-3-9-16(20)19-14-15-8-7-11-18-17-10-4-6-13-21(17)26-24(22(15)18)23(19)25/h3-14,26H,1-2H3. The van der Waals surface area contributed by atoms with Gasteiger partial charge in [-0.15, -0.1) is 0 Å². The molecule has 0 amide bonds. The minimum Gasteiger partial charge on any atom is -0.354 e. The molecule has 1 aliphatic heterocycles. The van der Waals surface area contributed by atoms with E-state index in [0.29, 0.717) is 0 Å². The van der Waals surface area contributed by atoms with Gasteiger partial charge in [-0.1, -0.05) is 74.5 Å². The number of nitrogens with one attached hydrogen (secondary N) is 1. The molecule has 1 aliphatic carbocycles. The molecule has 0 radical (unpaired) electrons. The zero-order valence-electron chi connectivity index (χ0n) is 14.9. The van der Waals surface area contributed by atoms with E-state index in [9.17, 15) is 0 Å². The van der Waals surface area contributed by atoms with E-state index in [4.69, 9.17) is 0 Å². The first-order valence-corrected chi connectivity index (χ1v) is 9.23. The molecule has 6 rings (SSSR count). The van der Waals surface area contributed by atoms with E-state index < -0.39 is 0 Å². The maximum atomic E-state index is 3.80. The predicted octanol–water partition coefficient (Wildman–Crippen LogP) is 6.87. The normalized spacial score (nSPS) is 15.2. The smallest absolute Gasteiger partial charge is 0.0518 e. The van der Waals surface area contributed by atoms with Crippen molar-refractivity contribution in [3.8, 4) is 22.3 Å². The third-order valence-electron chi connectivity index (χ3n) is 6.16. The third-order valence-corrected chi connectivity index (χ3v) is 6.16. The molecular formula is C25H19N. The molecule has 1 nitrogen and oxygen atoms in total. The second-order valence-corrected chi connectivity index (χ2v) is 7.92. The number of benzene rings is 4. The van der Waals surface area contributed by atoms with Crippen LogP contribution in [0.2, 0.25) is 0 Å². The molecule has 0 saturated heterocycles. The van der Waals surface area contributed by atoms with Gasteiger partial charge in [0.05, 0.1) is 5.69 Å². The van der Waals surface area contributed by atoms with Crippen LogP contribution in [0, 0.1) is 0 Å². The molecular weight excluding hydrogens is 314 g/mol. The van der Waals surface area contributed by atoms with E-state index in [1.54, 1.807) is 0 Å². The summed E-state index contributed by atoms with van der Waals surface area (Å²) in [4.78, 5) is 0. The fraction of sp³-hybridized carbons (Fsp3) is 0.120. The first kappa shape index (κ1) is 14.1. The highest BCUT2D eigenvalue weighted by atomic mass is 14.9. The average Bonchev–Trinajstić information content (AvgIpc) is 2.90. The summed E-state index contributed by atoms with van der Waals surface area (Å²) in [5.41, 5.74) is 10.7. The van der Waals surface area contributed by atoms with Gasteiger partial charge in [0.25, 0.3) is 0 Å². The quantitative estimate of drug-likeness (QED) is 0.326. The first-order chi connectivity index (χ1) is 12.7. The van der Waals surface area contributed by atoms with Crippen molar-refractivity contribution in [2.45, 2.75) is 19.3 Å². The highest BCUT2D eigenvalue weighted by molar-refractivity contribution is 6.15. The summed E-state index contributed by atoms with van der Waals surface area (Å²) in [7, 11) is 0. The molecule has 0 saturated carbocycles. The Labute approximate surface area is 153 Å². The van der Waals surface area contributed by atoms with Gasteiger partial charge >= 0.3 is 0 Å². The van der Waals surface area contributed by atoms with Crippen LogP contribution in [-0.4, -0.2) is 0 Å². The van der Waals surface area contributed by atoms with Gasteiger partial charge in [0.15, 0.2) is 0 Å². The van der Waals surface area contributed by atoms with Gasteiger partial charge < -0.3 is 5.32 Å². The molecule has 26 heavy (non-hydrogen) atoms. The van der Waals surface area contributed by atoms with Crippen LogP contribution < -0.4 is 5.32 Å². The molecule has 1 heterocycles. The van der Waals surface area contributed by atoms with E-state index in [-0.39, 0.29) is 5.41 Å². The minimum atomic E-state index is -0.0121. The van der Waals surface area contributed by atoms with Crippen molar-refractivity contribution in [2.24, 2.45) is 0 Å². The van der Waals surface area contributed by atoms with Crippen LogP contribution in [0.25, 0.3) is 33.0 Å². The predicted molar refractivity (Wildman–Crippen MR) is 110 cm³/mol. The van der Waals surface area contributed by atoms with E-state index >= 15 is 0 Å². The van der Waals surface area contributed by atoms with Crippen LogP contribution in [0.5, 0.6) is 0 Å². The van der Waals surface area contributed by atoms with Crippen LogP contribution in [0.4, 0.5) is 11.4 Å². The number of anilines is 2. The first-order valence-electron chi connectivity index (χ1n) is 9.23. The lowest BCUT2D eigenvalue weighted by Crippen LogP contribution is -2.18. The van der Waals surface area contributed by atoms with E-state index in [1.807, 2.05) is 0 Å². The van der Waals surface area contributed by atoms with Gasteiger partial charge in [-0.3, -0.25) is 0 Å². The molecule has 0 fully saturated rings. The highest BCUT2D eigenvalue weighted by Gasteiger charge is 2.39. The summed E-state index contributed by atoms with van der Waals surface area (Å²) in [6.07, 6.45) is 0. The minimum absolute atomic E-state index is 0.0121. The van der Waals surface area contributed by atoms with Crippen LogP contribution >= 0.6 is 0 Å². The molecule has 1 N–H and O–H groups in total. The van der Waals surface area contributed by atoms with Crippen LogP contribution in [0.1, 0.15) is 25.0 Å². The fourth-order valence-electron chi connectivity index (χ4n) is 5.03. The fourth-order valence-corrected chi connectivity index (χ4v) is 5.03. The average molecular weight is 333 g/mol. The Morgan fingerprint density at radius 3 is 2.31 bits per heavy atom. The Balaban J connectivity index is 1.81. The van der Waals surface area contributed by atoms with Gasteiger partial charge in [-0.05, 0) is 45.3 Å². The molecule has 4 aromatic rings. The Morgan fingerprint density at radius 1 is 0.692 bits per heavy atom. The molecule has 4 aromatic carbocycles. The Kier molecular flexibility index (Phi) is 2.48. The van der Waals surface area contributed by atoms with Crippen molar-refractivity contribution in [1.29, 1.82) is 0 Å². The second-order valence-electron chi connectivity index (χ2n) is 7.92. The summed E-state index contributed by atoms with van der Waals surface area (Å²) < 4.78 is 0. The summed E-state index contributed by atoms with van der Waals surface area (Å²) in [6.45, 7) is 4.70. The van der Waals surface area contributed by atoms with Gasteiger partial charge in [-0.2, -0.15) is 0 Å². The molecule has 0 bridgehead atoms. The van der Waals surface area contributed by atoms with Gasteiger partial charge in [0, 0.05) is 22.1 Å². The Morgan fingerprint density at radius 2 is 1.42 bits per heavy atom. The van der Waals surface area contributed by atoms with Crippen molar-refractivity contribution in [2.75, 3.05) is 5.32 Å². The summed E-state index contributed by atoms with van der Waals surface area (Å²) in [6, 6.07) is 26.6. The number of hydrogen-bond donors (Lipinski definition) is 1. The zero-order valence-corrected chi connectivity index (χ0v) is 14.9. The Bertz CT molecular complexity index is 1230. The SMILES string of the molecule is CC1(C)c2ccccc2-c2cc3cccc4c3c(c21)Nc1ccccc1-4. The summed E-state index contributed by atoms with van der Waals surface area (Å²) in [5.74, 6) is 0. The number of fused-ring (bicyclic) bond motifs is 6. The van der Waals surface area contributed by atoms with Crippen LogP contribution in [0.15, 0.2) is 72.8 Å². The third kappa shape index (κ3) is 1.56. The van der Waals surface area contributed by atoms with Crippen LogP contribution in [-0.2, 0) is 5.41 Å². The maximum Gasteiger partial charge on any atom is 0.0518 e. The van der Waals surface area contributed by atoms with Gasteiger partial charge in [0.1, 0.15) is 0 Å². The topological polar surface area (TPSA) is 12.0 Å². The number of rotatable bonds is 0. The molecule has 1 heteroatoms.